The highest BCUT2D eigenvalue weighted by Gasteiger charge is 2.42. The van der Waals surface area contributed by atoms with E-state index in [0.717, 1.165) is 46.0 Å². The van der Waals surface area contributed by atoms with Gasteiger partial charge in [0.15, 0.2) is 5.11 Å². The molecule has 0 aliphatic carbocycles. The summed E-state index contributed by atoms with van der Waals surface area (Å²) in [6.07, 6.45) is 2.88. The standard InChI is InChI=1S/C29H31N5O4S2/c1-18-16-23(19(2)33(18)20-9-12-22(37-3)13-10-20)28-27(25-8-6-7-15-30-25)31-29(39)34(28)21-11-14-24(26(17-21)38-4)32-40(5,35)36/h6-17,27-28,32H,1-5H3,(H,31,39). The maximum absolute atomic E-state index is 11.9. The number of nitrogens with one attached hydrogen (secondary N) is 2. The Balaban J connectivity index is 1.65. The van der Waals surface area contributed by atoms with Crippen LogP contribution in [0.5, 0.6) is 11.5 Å². The molecule has 2 atom stereocenters. The lowest BCUT2D eigenvalue weighted by molar-refractivity contribution is 0.414. The van der Waals surface area contributed by atoms with Gasteiger partial charge in [0.1, 0.15) is 11.5 Å². The SMILES string of the molecule is COc1ccc(-n2c(C)cc(C3C(c4ccccn4)NC(=S)N3c3ccc(NS(C)(=O)=O)c(OC)c3)c2C)cc1. The number of ether oxygens (including phenoxy) is 2. The van der Waals surface area contributed by atoms with Crippen LogP contribution < -0.4 is 24.4 Å². The van der Waals surface area contributed by atoms with Gasteiger partial charge in [-0.2, -0.15) is 0 Å². The van der Waals surface area contributed by atoms with Gasteiger partial charge in [-0.05, 0) is 86.2 Å². The first-order chi connectivity index (χ1) is 19.1. The van der Waals surface area contributed by atoms with E-state index < -0.39 is 10.0 Å². The van der Waals surface area contributed by atoms with Crippen LogP contribution in [0.1, 0.15) is 34.7 Å². The Hall–Kier alpha value is -4.09. The van der Waals surface area contributed by atoms with Crippen molar-refractivity contribution in [3.05, 3.63) is 95.6 Å². The Morgan fingerprint density at radius 2 is 1.70 bits per heavy atom. The van der Waals surface area contributed by atoms with Crippen molar-refractivity contribution in [2.75, 3.05) is 30.1 Å². The summed E-state index contributed by atoms with van der Waals surface area (Å²) in [5.41, 5.74) is 6.19. The van der Waals surface area contributed by atoms with Crippen LogP contribution in [-0.4, -0.2) is 43.6 Å². The second-order valence-electron chi connectivity index (χ2n) is 9.62. The number of aryl methyl sites for hydroxylation is 1. The van der Waals surface area contributed by atoms with Crippen molar-refractivity contribution >= 4 is 38.7 Å². The summed E-state index contributed by atoms with van der Waals surface area (Å²) in [5, 5.41) is 4.01. The van der Waals surface area contributed by atoms with Crippen LogP contribution >= 0.6 is 12.2 Å². The Morgan fingerprint density at radius 3 is 2.33 bits per heavy atom. The Bertz CT molecular complexity index is 1650. The highest BCUT2D eigenvalue weighted by Crippen LogP contribution is 2.45. The summed E-state index contributed by atoms with van der Waals surface area (Å²) >= 11 is 5.89. The Kier molecular flexibility index (Phi) is 7.43. The fourth-order valence-corrected chi connectivity index (χ4v) is 6.19. The number of sulfonamides is 1. The van der Waals surface area contributed by atoms with Crippen LogP contribution in [0.3, 0.4) is 0 Å². The highest BCUT2D eigenvalue weighted by atomic mass is 32.2. The van der Waals surface area contributed by atoms with Crippen molar-refractivity contribution in [1.82, 2.24) is 14.9 Å². The predicted molar refractivity (Wildman–Crippen MR) is 161 cm³/mol. The lowest BCUT2D eigenvalue weighted by atomic mass is 9.96. The van der Waals surface area contributed by atoms with E-state index in [2.05, 4.69) is 39.5 Å². The molecule has 2 unspecified atom stereocenters. The number of hydrogen-bond acceptors (Lipinski definition) is 6. The van der Waals surface area contributed by atoms with Gasteiger partial charge in [-0.1, -0.05) is 6.07 Å². The first-order valence-corrected chi connectivity index (χ1v) is 14.9. The normalized spacial score (nSPS) is 17.0. The van der Waals surface area contributed by atoms with E-state index in [4.69, 9.17) is 21.7 Å². The molecule has 40 heavy (non-hydrogen) atoms. The lowest BCUT2D eigenvalue weighted by Crippen LogP contribution is -2.29. The molecule has 0 radical (unpaired) electrons. The highest BCUT2D eigenvalue weighted by molar-refractivity contribution is 7.92. The minimum absolute atomic E-state index is 0.238. The van der Waals surface area contributed by atoms with Crippen molar-refractivity contribution in [3.8, 4) is 17.2 Å². The maximum Gasteiger partial charge on any atom is 0.229 e. The van der Waals surface area contributed by atoms with Crippen molar-refractivity contribution < 1.29 is 17.9 Å². The summed E-state index contributed by atoms with van der Waals surface area (Å²) in [7, 11) is -0.333. The molecule has 2 aromatic carbocycles. The smallest absolute Gasteiger partial charge is 0.229 e. The van der Waals surface area contributed by atoms with Gasteiger partial charge in [-0.15, -0.1) is 0 Å². The van der Waals surface area contributed by atoms with Crippen LogP contribution in [0.4, 0.5) is 11.4 Å². The third kappa shape index (κ3) is 5.22. The third-order valence-electron chi connectivity index (χ3n) is 6.98. The van der Waals surface area contributed by atoms with Crippen molar-refractivity contribution in [2.45, 2.75) is 25.9 Å². The van der Waals surface area contributed by atoms with Crippen LogP contribution in [0.15, 0.2) is 72.9 Å². The summed E-state index contributed by atoms with van der Waals surface area (Å²) in [5.74, 6) is 1.18. The largest absolute Gasteiger partial charge is 0.497 e. The number of hydrogen-bond donors (Lipinski definition) is 2. The second kappa shape index (κ2) is 10.8. The third-order valence-corrected chi connectivity index (χ3v) is 7.88. The molecule has 9 nitrogen and oxygen atoms in total. The van der Waals surface area contributed by atoms with Gasteiger partial charge in [-0.3, -0.25) is 9.71 Å². The van der Waals surface area contributed by atoms with Gasteiger partial charge >= 0.3 is 0 Å². The number of anilines is 2. The summed E-state index contributed by atoms with van der Waals surface area (Å²) in [4.78, 5) is 6.70. The molecule has 0 spiro atoms. The molecule has 3 heterocycles. The average Bonchev–Trinajstić information content (AvgIpc) is 3.43. The molecule has 0 bridgehead atoms. The van der Waals surface area contributed by atoms with Crippen molar-refractivity contribution in [3.63, 3.8) is 0 Å². The lowest BCUT2D eigenvalue weighted by Gasteiger charge is -2.29. The minimum atomic E-state index is -3.49. The maximum atomic E-state index is 11.9. The summed E-state index contributed by atoms with van der Waals surface area (Å²) in [6.45, 7) is 4.18. The summed E-state index contributed by atoms with van der Waals surface area (Å²) in [6, 6.07) is 20.8. The quantitative estimate of drug-likeness (QED) is 0.281. The number of methoxy groups -OCH3 is 2. The zero-order valence-electron chi connectivity index (χ0n) is 22.9. The molecule has 0 saturated carbocycles. The van der Waals surface area contributed by atoms with Crippen LogP contribution in [0.25, 0.3) is 5.69 Å². The van der Waals surface area contributed by atoms with Gasteiger partial charge in [0, 0.05) is 35.0 Å². The van der Waals surface area contributed by atoms with E-state index in [0.29, 0.717) is 16.5 Å². The molecule has 2 aromatic heterocycles. The van der Waals surface area contributed by atoms with E-state index in [1.165, 1.54) is 7.11 Å². The van der Waals surface area contributed by atoms with Crippen molar-refractivity contribution in [2.24, 2.45) is 0 Å². The summed E-state index contributed by atoms with van der Waals surface area (Å²) < 4.78 is 39.4. The van der Waals surface area contributed by atoms with Crippen LogP contribution in [0.2, 0.25) is 0 Å². The fraction of sp³-hybridized carbons (Fsp3) is 0.241. The molecule has 1 fully saturated rings. The van der Waals surface area contributed by atoms with E-state index in [9.17, 15) is 8.42 Å². The van der Waals surface area contributed by atoms with E-state index in [1.807, 2.05) is 53.4 Å². The monoisotopic (exact) mass is 577 g/mol. The number of thiocarbonyl (C=S) groups is 1. The van der Waals surface area contributed by atoms with E-state index in [-0.39, 0.29) is 12.1 Å². The molecule has 208 valence electrons. The molecule has 11 heteroatoms. The minimum Gasteiger partial charge on any atom is -0.497 e. The van der Waals surface area contributed by atoms with E-state index in [1.54, 1.807) is 25.4 Å². The molecule has 1 saturated heterocycles. The Labute approximate surface area is 239 Å². The molecule has 1 aliphatic heterocycles. The van der Waals surface area contributed by atoms with Crippen molar-refractivity contribution in [1.29, 1.82) is 0 Å². The average molecular weight is 578 g/mol. The predicted octanol–water partition coefficient (Wildman–Crippen LogP) is 5.05. The fourth-order valence-electron chi connectivity index (χ4n) is 5.28. The Morgan fingerprint density at radius 1 is 0.975 bits per heavy atom. The molecule has 4 aromatic rings. The van der Waals surface area contributed by atoms with Gasteiger partial charge in [0.25, 0.3) is 0 Å². The number of nitrogens with zero attached hydrogens (tertiary/aromatic N) is 3. The molecule has 0 amide bonds. The zero-order valence-corrected chi connectivity index (χ0v) is 24.5. The first kappa shape index (κ1) is 27.5. The molecule has 2 N–H and O–H groups in total. The van der Waals surface area contributed by atoms with Gasteiger partial charge < -0.3 is 24.3 Å². The molecule has 1 aliphatic rings. The van der Waals surface area contributed by atoms with Gasteiger partial charge in [0.2, 0.25) is 10.0 Å². The van der Waals surface area contributed by atoms with Gasteiger partial charge in [-0.25, -0.2) is 8.42 Å². The number of pyridine rings is 1. The molecular formula is C29H31N5O4S2. The van der Waals surface area contributed by atoms with Crippen LogP contribution in [0, 0.1) is 13.8 Å². The second-order valence-corrected chi connectivity index (χ2v) is 11.8. The number of benzene rings is 2. The number of rotatable bonds is 8. The zero-order chi connectivity index (χ0) is 28.6. The van der Waals surface area contributed by atoms with E-state index >= 15 is 0 Å². The van der Waals surface area contributed by atoms with Gasteiger partial charge in [0.05, 0.1) is 43.9 Å². The topological polar surface area (TPSA) is 97.7 Å². The molecular weight excluding hydrogens is 546 g/mol. The molecule has 5 rings (SSSR count). The first-order valence-electron chi connectivity index (χ1n) is 12.6. The van der Waals surface area contributed by atoms with Crippen LogP contribution in [-0.2, 0) is 10.0 Å². The number of aromatic nitrogens is 2.